The van der Waals surface area contributed by atoms with Gasteiger partial charge in [0.15, 0.2) is 17.3 Å². The molecule has 0 amide bonds. The fourth-order valence-corrected chi connectivity index (χ4v) is 0.723. The van der Waals surface area contributed by atoms with E-state index in [-0.39, 0.29) is 0 Å². The molecule has 76 valence electrons. The third-order valence-electron chi connectivity index (χ3n) is 1.26. The number of hydrogen-bond acceptors (Lipinski definition) is 3. The van der Waals surface area contributed by atoms with Crippen LogP contribution in [-0.4, -0.2) is 22.7 Å². The number of halogens is 3. The molecule has 14 heavy (non-hydrogen) atoms. The fraction of sp³-hybridized carbons (Fsp3) is 0.143. The van der Waals surface area contributed by atoms with Crippen molar-refractivity contribution in [2.45, 2.75) is 6.61 Å². The number of alkyl halides is 2. The van der Waals surface area contributed by atoms with Crippen molar-refractivity contribution in [3.8, 4) is 5.75 Å². The Balaban J connectivity index is 3.02. The number of rotatable bonds is 3. The number of ether oxygens (including phenoxy) is 1. The van der Waals surface area contributed by atoms with Crippen molar-refractivity contribution >= 4 is 5.97 Å². The molecule has 1 heterocycles. The van der Waals surface area contributed by atoms with Gasteiger partial charge in [-0.05, 0) is 0 Å². The van der Waals surface area contributed by atoms with Crippen LogP contribution in [0.25, 0.3) is 0 Å². The monoisotopic (exact) mass is 207 g/mol. The fourth-order valence-electron chi connectivity index (χ4n) is 0.723. The number of pyridine rings is 1. The molecule has 0 aliphatic carbocycles. The first kappa shape index (κ1) is 10.3. The zero-order valence-electron chi connectivity index (χ0n) is 6.58. The lowest BCUT2D eigenvalue weighted by Gasteiger charge is -2.05. The molecule has 0 saturated carbocycles. The van der Waals surface area contributed by atoms with Crippen molar-refractivity contribution < 1.29 is 27.8 Å². The van der Waals surface area contributed by atoms with Gasteiger partial charge in [-0.25, -0.2) is 14.2 Å². The van der Waals surface area contributed by atoms with Gasteiger partial charge in [0.2, 0.25) is 0 Å². The van der Waals surface area contributed by atoms with Gasteiger partial charge in [-0.3, -0.25) is 0 Å². The Bertz CT molecular complexity index is 356. The van der Waals surface area contributed by atoms with Crippen LogP contribution in [0.1, 0.15) is 10.5 Å². The van der Waals surface area contributed by atoms with Crippen LogP contribution in [0.3, 0.4) is 0 Å². The van der Waals surface area contributed by atoms with E-state index < -0.39 is 29.8 Å². The second-order valence-corrected chi connectivity index (χ2v) is 2.18. The smallest absolute Gasteiger partial charge is 0.387 e. The van der Waals surface area contributed by atoms with Crippen LogP contribution in [0.2, 0.25) is 0 Å². The van der Waals surface area contributed by atoms with E-state index in [0.717, 1.165) is 0 Å². The maximum absolute atomic E-state index is 12.7. The molecular formula is C7H4F3NO3. The number of aromatic nitrogens is 1. The molecule has 0 saturated heterocycles. The molecule has 7 heteroatoms. The summed E-state index contributed by atoms with van der Waals surface area (Å²) < 4.78 is 39.8. The normalized spacial score (nSPS) is 10.3. The van der Waals surface area contributed by atoms with Gasteiger partial charge in [0.25, 0.3) is 0 Å². The van der Waals surface area contributed by atoms with Crippen LogP contribution in [-0.2, 0) is 0 Å². The molecule has 0 aromatic carbocycles. The van der Waals surface area contributed by atoms with E-state index in [1.165, 1.54) is 0 Å². The van der Waals surface area contributed by atoms with Crippen LogP contribution in [0.15, 0.2) is 12.3 Å². The molecule has 0 bridgehead atoms. The zero-order chi connectivity index (χ0) is 10.7. The van der Waals surface area contributed by atoms with Crippen LogP contribution < -0.4 is 4.74 Å². The molecule has 1 aromatic rings. The van der Waals surface area contributed by atoms with Crippen molar-refractivity contribution in [2.75, 3.05) is 0 Å². The van der Waals surface area contributed by atoms with Gasteiger partial charge >= 0.3 is 12.6 Å². The molecule has 0 aliphatic rings. The average Bonchev–Trinajstić information content (AvgIpc) is 2.07. The molecule has 1 rings (SSSR count). The Morgan fingerprint density at radius 2 is 2.21 bits per heavy atom. The lowest BCUT2D eigenvalue weighted by atomic mass is 10.3. The summed E-state index contributed by atoms with van der Waals surface area (Å²) in [6.07, 6.45) is 0.501. The Kier molecular flexibility index (Phi) is 2.90. The summed E-state index contributed by atoms with van der Waals surface area (Å²) in [5, 5.41) is 8.41. The summed E-state index contributed by atoms with van der Waals surface area (Å²) in [6.45, 7) is -3.21. The minimum absolute atomic E-state index is 0.501. The molecule has 0 radical (unpaired) electrons. The van der Waals surface area contributed by atoms with Gasteiger partial charge in [-0.1, -0.05) is 0 Å². The van der Waals surface area contributed by atoms with Crippen LogP contribution in [0.4, 0.5) is 13.2 Å². The quantitative estimate of drug-likeness (QED) is 0.816. The topological polar surface area (TPSA) is 59.4 Å². The molecule has 1 N–H and O–H groups in total. The Labute approximate surface area is 75.9 Å². The molecule has 0 fully saturated rings. The minimum atomic E-state index is -3.21. The van der Waals surface area contributed by atoms with Crippen molar-refractivity contribution in [2.24, 2.45) is 0 Å². The third-order valence-corrected chi connectivity index (χ3v) is 1.26. The standard InChI is InChI=1S/C7H4F3NO3/c8-3-2-11-4(6(12)13)1-5(3)14-7(9)10/h1-2,7H,(H,12,13). The van der Waals surface area contributed by atoms with Gasteiger partial charge in [0.05, 0.1) is 6.20 Å². The van der Waals surface area contributed by atoms with Gasteiger partial charge in [0.1, 0.15) is 0 Å². The van der Waals surface area contributed by atoms with E-state index in [4.69, 9.17) is 5.11 Å². The first-order chi connectivity index (χ1) is 6.50. The van der Waals surface area contributed by atoms with Crippen LogP contribution in [0.5, 0.6) is 5.75 Å². The number of carbonyl (C=O) groups is 1. The van der Waals surface area contributed by atoms with Gasteiger partial charge < -0.3 is 9.84 Å². The molecule has 0 spiro atoms. The summed E-state index contributed by atoms with van der Waals surface area (Å²) in [6, 6.07) is 0.587. The number of nitrogens with zero attached hydrogens (tertiary/aromatic N) is 1. The Morgan fingerprint density at radius 3 is 2.71 bits per heavy atom. The number of carboxylic acids is 1. The van der Waals surface area contributed by atoms with E-state index in [1.54, 1.807) is 0 Å². The van der Waals surface area contributed by atoms with Crippen molar-refractivity contribution in [3.05, 3.63) is 23.8 Å². The second kappa shape index (κ2) is 3.95. The zero-order valence-corrected chi connectivity index (χ0v) is 6.58. The highest BCUT2D eigenvalue weighted by atomic mass is 19.3. The molecule has 1 aromatic heterocycles. The van der Waals surface area contributed by atoms with Crippen molar-refractivity contribution in [1.82, 2.24) is 4.98 Å². The van der Waals surface area contributed by atoms with E-state index in [2.05, 4.69) is 9.72 Å². The SMILES string of the molecule is O=C(O)c1cc(OC(F)F)c(F)cn1. The highest BCUT2D eigenvalue weighted by Crippen LogP contribution is 2.18. The van der Waals surface area contributed by atoms with Gasteiger partial charge in [0, 0.05) is 6.07 Å². The molecular weight excluding hydrogens is 203 g/mol. The third kappa shape index (κ3) is 2.35. The van der Waals surface area contributed by atoms with E-state index >= 15 is 0 Å². The van der Waals surface area contributed by atoms with E-state index in [9.17, 15) is 18.0 Å². The summed E-state index contributed by atoms with van der Waals surface area (Å²) in [5.74, 6) is -3.44. The minimum Gasteiger partial charge on any atom is -0.477 e. The van der Waals surface area contributed by atoms with Crippen LogP contribution in [0, 0.1) is 5.82 Å². The second-order valence-electron chi connectivity index (χ2n) is 2.18. The van der Waals surface area contributed by atoms with Crippen LogP contribution >= 0.6 is 0 Å². The molecule has 0 atom stereocenters. The lowest BCUT2D eigenvalue weighted by Crippen LogP contribution is -2.07. The van der Waals surface area contributed by atoms with Crippen molar-refractivity contribution in [3.63, 3.8) is 0 Å². The number of carboxylic acid groups (broad SMARTS) is 1. The maximum Gasteiger partial charge on any atom is 0.387 e. The molecule has 0 unspecified atom stereocenters. The summed E-state index contributed by atoms with van der Waals surface area (Å²) in [7, 11) is 0. The summed E-state index contributed by atoms with van der Waals surface area (Å²) in [5.41, 5.74) is -0.568. The van der Waals surface area contributed by atoms with E-state index in [0.29, 0.717) is 12.3 Å². The predicted octanol–water partition coefficient (Wildman–Crippen LogP) is 1.52. The maximum atomic E-state index is 12.7. The van der Waals surface area contributed by atoms with Crippen molar-refractivity contribution in [1.29, 1.82) is 0 Å². The largest absolute Gasteiger partial charge is 0.477 e. The summed E-state index contributed by atoms with van der Waals surface area (Å²) >= 11 is 0. The van der Waals surface area contributed by atoms with Gasteiger partial charge in [-0.15, -0.1) is 0 Å². The number of hydrogen-bond donors (Lipinski definition) is 1. The predicted molar refractivity (Wildman–Crippen MR) is 37.8 cm³/mol. The Hall–Kier alpha value is -1.79. The lowest BCUT2D eigenvalue weighted by molar-refractivity contribution is -0.0523. The molecule has 4 nitrogen and oxygen atoms in total. The van der Waals surface area contributed by atoms with E-state index in [1.807, 2.05) is 0 Å². The first-order valence-electron chi connectivity index (χ1n) is 3.34. The Morgan fingerprint density at radius 1 is 1.57 bits per heavy atom. The first-order valence-corrected chi connectivity index (χ1v) is 3.34. The average molecular weight is 207 g/mol. The highest BCUT2D eigenvalue weighted by Gasteiger charge is 2.14. The number of aromatic carboxylic acids is 1. The van der Waals surface area contributed by atoms with Gasteiger partial charge in [-0.2, -0.15) is 8.78 Å². The molecule has 0 aliphatic heterocycles. The highest BCUT2D eigenvalue weighted by molar-refractivity contribution is 5.85. The summed E-state index contributed by atoms with van der Waals surface area (Å²) in [4.78, 5) is 13.5.